The van der Waals surface area contributed by atoms with E-state index in [1.54, 1.807) is 12.1 Å². The van der Waals surface area contributed by atoms with Gasteiger partial charge in [-0.25, -0.2) is 9.59 Å². The highest BCUT2D eigenvalue weighted by Crippen LogP contribution is 2.47. The van der Waals surface area contributed by atoms with Gasteiger partial charge < -0.3 is 15.2 Å². The highest BCUT2D eigenvalue weighted by molar-refractivity contribution is 6.09. The smallest absolute Gasteiger partial charge is 0.417 e. The number of carbonyl (C=O) groups is 3. The molecule has 0 amide bonds. The monoisotopic (exact) mass is 567 g/mol. The van der Waals surface area contributed by atoms with Gasteiger partial charge in [-0.15, -0.1) is 0 Å². The summed E-state index contributed by atoms with van der Waals surface area (Å²) in [4.78, 5) is 39.1. The van der Waals surface area contributed by atoms with Gasteiger partial charge in [-0.2, -0.15) is 31.6 Å². The molecule has 8 nitrogen and oxygen atoms in total. The summed E-state index contributed by atoms with van der Waals surface area (Å²) in [5.41, 5.74) is -2.05. The summed E-state index contributed by atoms with van der Waals surface area (Å²) >= 11 is 0. The van der Waals surface area contributed by atoms with Crippen LogP contribution in [0.2, 0.25) is 0 Å². The molecule has 14 heteroatoms. The van der Waals surface area contributed by atoms with Crippen molar-refractivity contribution < 1.29 is 50.2 Å². The van der Waals surface area contributed by atoms with Gasteiger partial charge in [0.15, 0.2) is 5.78 Å². The van der Waals surface area contributed by atoms with Crippen molar-refractivity contribution in [1.82, 2.24) is 0 Å². The molecule has 0 aliphatic carbocycles. The fourth-order valence-electron chi connectivity index (χ4n) is 4.32. The summed E-state index contributed by atoms with van der Waals surface area (Å²) in [7, 11) is 1.73. The van der Waals surface area contributed by atoms with Crippen LogP contribution in [0, 0.1) is 11.3 Å². The summed E-state index contributed by atoms with van der Waals surface area (Å²) in [6.07, 6.45) is -10.8. The number of nitrogens with zero attached hydrogens (tertiary/aromatic N) is 2. The van der Waals surface area contributed by atoms with Gasteiger partial charge in [0, 0.05) is 0 Å². The number of alkyl halides is 6. The van der Waals surface area contributed by atoms with Crippen LogP contribution in [0.4, 0.5) is 32.0 Å². The Balaban J connectivity index is 2.64. The van der Waals surface area contributed by atoms with Crippen LogP contribution in [0.5, 0.6) is 0 Å². The average Bonchev–Trinajstić information content (AvgIpc) is 2.89. The van der Waals surface area contributed by atoms with Gasteiger partial charge in [0.25, 0.3) is 0 Å². The minimum Gasteiger partial charge on any atom is -0.466 e. The topological polar surface area (TPSA) is 123 Å². The molecule has 2 aromatic rings. The van der Waals surface area contributed by atoms with Crippen molar-refractivity contribution in [2.75, 3.05) is 19.1 Å². The van der Waals surface area contributed by atoms with Crippen molar-refractivity contribution in [3.63, 3.8) is 0 Å². The van der Waals surface area contributed by atoms with Gasteiger partial charge in [-0.3, -0.25) is 9.69 Å². The summed E-state index contributed by atoms with van der Waals surface area (Å²) in [6.45, 7) is 0.659. The molecule has 1 atom stereocenters. The fourth-order valence-corrected chi connectivity index (χ4v) is 4.32. The summed E-state index contributed by atoms with van der Waals surface area (Å²) in [6, 6.07) is 9.10. The van der Waals surface area contributed by atoms with Crippen LogP contribution in [-0.2, 0) is 31.4 Å². The van der Waals surface area contributed by atoms with Crippen LogP contribution < -0.4 is 10.6 Å². The molecule has 1 unspecified atom stereocenters. The fraction of sp³-hybridized carbons (Fsp3) is 0.231. The van der Waals surface area contributed by atoms with Crippen molar-refractivity contribution >= 4 is 23.4 Å². The zero-order valence-corrected chi connectivity index (χ0v) is 20.9. The highest BCUT2D eigenvalue weighted by atomic mass is 19.4. The van der Waals surface area contributed by atoms with E-state index in [9.17, 15) is 46.0 Å². The van der Waals surface area contributed by atoms with Crippen molar-refractivity contribution in [1.29, 1.82) is 5.26 Å². The van der Waals surface area contributed by atoms with Gasteiger partial charge in [-0.05, 0) is 24.6 Å². The van der Waals surface area contributed by atoms with E-state index in [0.717, 1.165) is 14.2 Å². The lowest BCUT2D eigenvalue weighted by Crippen LogP contribution is -2.41. The van der Waals surface area contributed by atoms with E-state index in [1.807, 2.05) is 0 Å². The second kappa shape index (κ2) is 10.8. The van der Waals surface area contributed by atoms with Crippen molar-refractivity contribution in [2.45, 2.75) is 25.2 Å². The van der Waals surface area contributed by atoms with E-state index < -0.39 is 81.0 Å². The lowest BCUT2D eigenvalue weighted by molar-refractivity contribution is -0.143. The Kier molecular flexibility index (Phi) is 8.00. The zero-order chi connectivity index (χ0) is 30.2. The van der Waals surface area contributed by atoms with Gasteiger partial charge >= 0.3 is 24.3 Å². The van der Waals surface area contributed by atoms with Crippen molar-refractivity contribution in [3.8, 4) is 6.07 Å². The Hall–Kier alpha value is -4.80. The first-order chi connectivity index (χ1) is 18.6. The van der Waals surface area contributed by atoms with E-state index in [2.05, 4.69) is 0 Å². The SMILES string of the molecule is COC(=O)C1=C(C(=O)OC)N(c2cc(C(F)(F)F)cc(C(F)(F)F)c2C(C)=O)C(N)=C(C#N)C1c1ccccc1. The molecule has 0 fully saturated rings. The number of esters is 2. The van der Waals surface area contributed by atoms with Gasteiger partial charge in [0.05, 0.1) is 59.7 Å². The van der Waals surface area contributed by atoms with Crippen LogP contribution in [0.15, 0.2) is 65.1 Å². The number of nitriles is 1. The third kappa shape index (κ3) is 5.22. The molecule has 2 N–H and O–H groups in total. The summed E-state index contributed by atoms with van der Waals surface area (Å²) in [5, 5.41) is 10.0. The number of ether oxygens (including phenoxy) is 2. The molecule has 0 radical (unpaired) electrons. The molecule has 1 heterocycles. The van der Waals surface area contributed by atoms with E-state index >= 15 is 0 Å². The number of ketones is 1. The first-order valence-corrected chi connectivity index (χ1v) is 11.1. The minimum atomic E-state index is -5.48. The molecule has 1 aliphatic heterocycles. The molecule has 2 aromatic carbocycles. The largest absolute Gasteiger partial charge is 0.466 e. The predicted octanol–water partition coefficient (Wildman–Crippen LogP) is 4.82. The number of halogens is 6. The second-order valence-electron chi connectivity index (χ2n) is 8.30. The third-order valence-electron chi connectivity index (χ3n) is 5.95. The summed E-state index contributed by atoms with van der Waals surface area (Å²) < 4.78 is 93.0. The van der Waals surface area contributed by atoms with Crippen LogP contribution >= 0.6 is 0 Å². The Labute approximate surface area is 222 Å². The Bertz CT molecular complexity index is 1490. The van der Waals surface area contributed by atoms with E-state index in [4.69, 9.17) is 15.2 Å². The first kappa shape index (κ1) is 29.8. The molecule has 0 aromatic heterocycles. The first-order valence-electron chi connectivity index (χ1n) is 11.1. The molecule has 0 saturated heterocycles. The van der Waals surface area contributed by atoms with E-state index in [-0.39, 0.29) is 17.7 Å². The van der Waals surface area contributed by atoms with Crippen LogP contribution in [-0.4, -0.2) is 31.9 Å². The second-order valence-corrected chi connectivity index (χ2v) is 8.30. The van der Waals surface area contributed by atoms with Gasteiger partial charge in [0.1, 0.15) is 11.5 Å². The Morgan fingerprint density at radius 1 is 0.950 bits per heavy atom. The molecule has 0 saturated carbocycles. The van der Waals surface area contributed by atoms with Crippen LogP contribution in [0.3, 0.4) is 0 Å². The number of allylic oxidation sites excluding steroid dienone is 1. The predicted molar refractivity (Wildman–Crippen MR) is 126 cm³/mol. The summed E-state index contributed by atoms with van der Waals surface area (Å²) in [5.74, 6) is -6.32. The number of methoxy groups -OCH3 is 2. The van der Waals surface area contributed by atoms with E-state index in [1.165, 1.54) is 24.3 Å². The molecule has 3 rings (SSSR count). The number of anilines is 1. The van der Waals surface area contributed by atoms with Crippen molar-refractivity contribution in [2.24, 2.45) is 5.73 Å². The maximum atomic E-state index is 14.0. The van der Waals surface area contributed by atoms with Gasteiger partial charge in [-0.1, -0.05) is 30.3 Å². The number of carbonyl (C=O) groups excluding carboxylic acids is 3. The highest BCUT2D eigenvalue weighted by Gasteiger charge is 2.47. The number of nitrogens with two attached hydrogens (primary N) is 1. The lowest BCUT2D eigenvalue weighted by Gasteiger charge is -2.37. The standard InChI is InChI=1S/C26H19F6N3O5/c1-12(36)18-16(26(30,31)32)9-14(25(27,28)29)10-17(18)35-21(24(38)40-3)20(23(37)39-2)19(15(11-33)22(35)34)13-7-5-4-6-8-13/h4-10,19H,34H2,1-3H3. The Morgan fingerprint density at radius 2 is 1.52 bits per heavy atom. The normalized spacial score (nSPS) is 16.0. The molecule has 210 valence electrons. The minimum absolute atomic E-state index is 0.161. The Morgan fingerprint density at radius 3 is 1.98 bits per heavy atom. The third-order valence-corrected chi connectivity index (χ3v) is 5.95. The molecule has 0 bridgehead atoms. The maximum Gasteiger partial charge on any atom is 0.417 e. The number of rotatable bonds is 5. The molecule has 40 heavy (non-hydrogen) atoms. The number of hydrogen-bond donors (Lipinski definition) is 1. The number of hydrogen-bond acceptors (Lipinski definition) is 8. The zero-order valence-electron chi connectivity index (χ0n) is 20.9. The maximum absolute atomic E-state index is 14.0. The molecular formula is C26H19F6N3O5. The van der Waals surface area contributed by atoms with Crippen molar-refractivity contribution in [3.05, 3.63) is 87.4 Å². The average molecular weight is 567 g/mol. The number of benzene rings is 2. The number of Topliss-reactive ketones (excluding diaryl/α,β-unsaturated/α-hetero) is 1. The quantitative estimate of drug-likeness (QED) is 0.310. The van der Waals surface area contributed by atoms with Gasteiger partial charge in [0.2, 0.25) is 0 Å². The molecular weight excluding hydrogens is 548 g/mol. The lowest BCUT2D eigenvalue weighted by atomic mass is 9.80. The molecule has 1 aliphatic rings. The van der Waals surface area contributed by atoms with E-state index in [0.29, 0.717) is 11.8 Å². The molecule has 0 spiro atoms. The van der Waals surface area contributed by atoms with Crippen LogP contribution in [0.1, 0.15) is 39.9 Å². The van der Waals surface area contributed by atoms with Crippen LogP contribution in [0.25, 0.3) is 0 Å².